The molecule has 5 heteroatoms. The van der Waals surface area contributed by atoms with Gasteiger partial charge in [-0.3, -0.25) is 4.79 Å². The number of rotatable bonds is 4. The van der Waals surface area contributed by atoms with Crippen LogP contribution in [0.1, 0.15) is 27.0 Å². The van der Waals surface area contributed by atoms with Crippen molar-refractivity contribution in [1.29, 1.82) is 0 Å². The van der Waals surface area contributed by atoms with Crippen molar-refractivity contribution in [1.82, 2.24) is 0 Å². The van der Waals surface area contributed by atoms with Crippen LogP contribution in [0.3, 0.4) is 0 Å². The van der Waals surface area contributed by atoms with E-state index in [1.807, 2.05) is 19.1 Å². The number of aryl methyl sites for hydroxylation is 1. The molecule has 0 aliphatic rings. The first-order chi connectivity index (χ1) is 9.02. The summed E-state index contributed by atoms with van der Waals surface area (Å²) in [5.41, 5.74) is 0.172. The van der Waals surface area contributed by atoms with E-state index in [9.17, 15) is 13.6 Å². The molecule has 0 aliphatic heterocycles. The highest BCUT2D eigenvalue weighted by Crippen LogP contribution is 2.25. The summed E-state index contributed by atoms with van der Waals surface area (Å²) < 4.78 is 26.3. The van der Waals surface area contributed by atoms with E-state index >= 15 is 0 Å². The van der Waals surface area contributed by atoms with Gasteiger partial charge in [-0.2, -0.15) is 0 Å². The highest BCUT2D eigenvalue weighted by molar-refractivity contribution is 9.10. The number of halogens is 3. The van der Waals surface area contributed by atoms with Gasteiger partial charge < -0.3 is 0 Å². The fraction of sp³-hybridized carbons (Fsp3) is 0.214. The van der Waals surface area contributed by atoms with E-state index in [1.54, 1.807) is 11.3 Å². The molecule has 1 aromatic heterocycles. The lowest BCUT2D eigenvalue weighted by molar-refractivity contribution is 0.0992. The van der Waals surface area contributed by atoms with Crippen LogP contribution >= 0.6 is 27.3 Å². The second kappa shape index (κ2) is 5.92. The van der Waals surface area contributed by atoms with E-state index in [4.69, 9.17) is 0 Å². The highest BCUT2D eigenvalue weighted by Gasteiger charge is 2.17. The average Bonchev–Trinajstić information content (AvgIpc) is 2.83. The van der Waals surface area contributed by atoms with Crippen LogP contribution in [0.4, 0.5) is 8.78 Å². The highest BCUT2D eigenvalue weighted by atomic mass is 79.9. The zero-order valence-electron chi connectivity index (χ0n) is 10.2. The number of Topliss-reactive ketones (excluding diaryl/α,β-unsaturated/α-hetero) is 1. The lowest BCUT2D eigenvalue weighted by atomic mass is 10.1. The van der Waals surface area contributed by atoms with Crippen molar-refractivity contribution in [3.05, 3.63) is 55.7 Å². The number of thiophene rings is 1. The molecule has 2 rings (SSSR count). The largest absolute Gasteiger partial charge is 0.294 e. The number of hydrogen-bond acceptors (Lipinski definition) is 2. The van der Waals surface area contributed by atoms with Crippen LogP contribution in [0.2, 0.25) is 0 Å². The molecular weight excluding hydrogens is 334 g/mol. The van der Waals surface area contributed by atoms with Crippen molar-refractivity contribution < 1.29 is 13.6 Å². The van der Waals surface area contributed by atoms with Gasteiger partial charge in [0.2, 0.25) is 0 Å². The zero-order chi connectivity index (χ0) is 14.0. The number of carbonyl (C=O) groups excluding carboxylic acids is 1. The standard InChI is InChI=1S/C14H11BrF2OS/c1-2-8-3-4-9(19-8)7-12(18)10-5-6-11(16)14(17)13(10)15/h3-6H,2,7H2,1H3. The first-order valence-electron chi connectivity index (χ1n) is 5.77. The summed E-state index contributed by atoms with van der Waals surface area (Å²) in [6, 6.07) is 6.15. The van der Waals surface area contributed by atoms with Crippen molar-refractivity contribution >= 4 is 33.0 Å². The maximum atomic E-state index is 13.4. The molecule has 1 aromatic carbocycles. The number of ketones is 1. The molecule has 0 spiro atoms. The number of carbonyl (C=O) groups is 1. The summed E-state index contributed by atoms with van der Waals surface area (Å²) in [7, 11) is 0. The van der Waals surface area contributed by atoms with E-state index in [0.29, 0.717) is 0 Å². The van der Waals surface area contributed by atoms with Gasteiger partial charge in [0, 0.05) is 21.7 Å². The predicted octanol–water partition coefficient (Wildman–Crippen LogP) is 4.78. The van der Waals surface area contributed by atoms with Crippen LogP contribution in [-0.2, 0) is 12.8 Å². The van der Waals surface area contributed by atoms with Crippen LogP contribution in [0.15, 0.2) is 28.7 Å². The van der Waals surface area contributed by atoms with E-state index in [1.165, 1.54) is 10.9 Å². The SMILES string of the molecule is CCc1ccc(CC(=O)c2ccc(F)c(F)c2Br)s1. The third kappa shape index (κ3) is 3.09. The molecule has 1 heterocycles. The van der Waals surface area contributed by atoms with Crippen LogP contribution in [-0.4, -0.2) is 5.78 Å². The molecule has 0 saturated carbocycles. The Labute approximate surface area is 122 Å². The minimum atomic E-state index is -1.02. The molecule has 0 saturated heterocycles. The van der Waals surface area contributed by atoms with E-state index < -0.39 is 11.6 Å². The molecule has 0 unspecified atom stereocenters. The second-order valence-corrected chi connectivity index (χ2v) is 6.09. The van der Waals surface area contributed by atoms with Crippen LogP contribution in [0.5, 0.6) is 0 Å². The van der Waals surface area contributed by atoms with Crippen molar-refractivity contribution in [3.63, 3.8) is 0 Å². The summed E-state index contributed by atoms with van der Waals surface area (Å²) in [4.78, 5) is 14.2. The third-order valence-corrected chi connectivity index (χ3v) is 4.74. The molecule has 0 amide bonds. The molecule has 0 radical (unpaired) electrons. The number of hydrogen-bond donors (Lipinski definition) is 0. The monoisotopic (exact) mass is 344 g/mol. The maximum Gasteiger partial charge on any atom is 0.173 e. The van der Waals surface area contributed by atoms with Crippen molar-refractivity contribution in [3.8, 4) is 0 Å². The molecule has 1 nitrogen and oxygen atoms in total. The molecule has 0 fully saturated rings. The van der Waals surface area contributed by atoms with Crippen molar-refractivity contribution in [2.24, 2.45) is 0 Å². The Kier molecular flexibility index (Phi) is 4.47. The fourth-order valence-electron chi connectivity index (χ4n) is 1.70. The van der Waals surface area contributed by atoms with Crippen LogP contribution in [0, 0.1) is 11.6 Å². The van der Waals surface area contributed by atoms with Crippen molar-refractivity contribution in [2.75, 3.05) is 0 Å². The summed E-state index contributed by atoms with van der Waals surface area (Å²) in [6.45, 7) is 2.05. The average molecular weight is 345 g/mol. The molecule has 2 aromatic rings. The van der Waals surface area contributed by atoms with Gasteiger partial charge in [-0.15, -0.1) is 11.3 Å². The Morgan fingerprint density at radius 3 is 2.53 bits per heavy atom. The Morgan fingerprint density at radius 2 is 1.89 bits per heavy atom. The zero-order valence-corrected chi connectivity index (χ0v) is 12.6. The van der Waals surface area contributed by atoms with E-state index in [0.717, 1.165) is 17.4 Å². The summed E-state index contributed by atoms with van der Waals surface area (Å²) in [5, 5.41) is 0. The first kappa shape index (κ1) is 14.3. The molecule has 100 valence electrons. The van der Waals surface area contributed by atoms with E-state index in [-0.39, 0.29) is 22.2 Å². The van der Waals surface area contributed by atoms with Crippen LogP contribution in [0.25, 0.3) is 0 Å². The van der Waals surface area contributed by atoms with Gasteiger partial charge >= 0.3 is 0 Å². The first-order valence-corrected chi connectivity index (χ1v) is 7.38. The van der Waals surface area contributed by atoms with Gasteiger partial charge in [-0.1, -0.05) is 6.92 Å². The molecule has 0 N–H and O–H groups in total. The van der Waals surface area contributed by atoms with Crippen molar-refractivity contribution in [2.45, 2.75) is 19.8 Å². The van der Waals surface area contributed by atoms with Gasteiger partial charge in [0.05, 0.1) is 4.47 Å². The maximum absolute atomic E-state index is 13.4. The van der Waals surface area contributed by atoms with Gasteiger partial charge in [0.1, 0.15) is 0 Å². The predicted molar refractivity (Wildman–Crippen MR) is 75.8 cm³/mol. The van der Waals surface area contributed by atoms with Gasteiger partial charge in [-0.05, 0) is 46.6 Å². The fourth-order valence-corrected chi connectivity index (χ4v) is 3.20. The molecule has 19 heavy (non-hydrogen) atoms. The van der Waals surface area contributed by atoms with Crippen LogP contribution < -0.4 is 0 Å². The van der Waals surface area contributed by atoms with E-state index in [2.05, 4.69) is 15.9 Å². The topological polar surface area (TPSA) is 17.1 Å². The van der Waals surface area contributed by atoms with Gasteiger partial charge in [0.25, 0.3) is 0 Å². The number of benzene rings is 1. The summed E-state index contributed by atoms with van der Waals surface area (Å²) >= 11 is 4.50. The summed E-state index contributed by atoms with van der Waals surface area (Å²) in [5.74, 6) is -2.21. The molecule has 0 atom stereocenters. The Morgan fingerprint density at radius 1 is 1.21 bits per heavy atom. The second-order valence-electron chi connectivity index (χ2n) is 4.04. The Hall–Kier alpha value is -1.07. The molecule has 0 aliphatic carbocycles. The lowest BCUT2D eigenvalue weighted by Gasteiger charge is -2.04. The minimum Gasteiger partial charge on any atom is -0.294 e. The minimum absolute atomic E-state index is 0.107. The molecule has 0 bridgehead atoms. The summed E-state index contributed by atoms with van der Waals surface area (Å²) in [6.07, 6.45) is 1.13. The third-order valence-electron chi connectivity index (χ3n) is 2.74. The molecular formula is C14H11BrF2OS. The Balaban J connectivity index is 2.23. The normalized spacial score (nSPS) is 10.7. The van der Waals surface area contributed by atoms with Gasteiger partial charge in [-0.25, -0.2) is 8.78 Å². The lowest BCUT2D eigenvalue weighted by Crippen LogP contribution is -2.05. The van der Waals surface area contributed by atoms with Gasteiger partial charge in [0.15, 0.2) is 17.4 Å². The smallest absolute Gasteiger partial charge is 0.173 e. The quantitative estimate of drug-likeness (QED) is 0.576. The Bertz CT molecular complexity index is 622.